The van der Waals surface area contributed by atoms with E-state index >= 15 is 0 Å². The molecule has 378 valence electrons. The van der Waals surface area contributed by atoms with Gasteiger partial charge in [-0.1, -0.05) is 128 Å². The standard InChI is InChI=1S/C54H79N7O8/c1-13-37(6)48(60(10)53(65)47(35(2)3)58-50(36(4)5)59(8)9)45(67-11)32-46(62)61-30-20-25-44(61)49(68-12)38(7)51(63)57-43(31-39-21-16-14-17-22-39)52(64)56-42-28-26-40(27-29-42)33-55-54(66)69-34-41-23-18-15-19-24-41/h14-19,21-24,26-29,35-38,43-45,47-49H,13,20,25,30-34H2,1-12H3,(H,55,66)(H,56,64)(H,57,63)/b58-50+/t37-,38+,43-,44-,45+,47-,48-,49+/m0/s1. The molecule has 3 aromatic carbocycles. The Kier molecular flexibility index (Phi) is 22.2. The number of amidine groups is 1. The summed E-state index contributed by atoms with van der Waals surface area (Å²) in [7, 11) is 8.80. The Morgan fingerprint density at radius 1 is 0.797 bits per heavy atom. The number of anilines is 1. The van der Waals surface area contributed by atoms with Crippen LogP contribution in [-0.2, 0) is 53.0 Å². The van der Waals surface area contributed by atoms with E-state index in [4.69, 9.17) is 19.2 Å². The Morgan fingerprint density at radius 3 is 1.97 bits per heavy atom. The van der Waals surface area contributed by atoms with Crippen molar-refractivity contribution in [2.75, 3.05) is 47.2 Å². The van der Waals surface area contributed by atoms with Crippen molar-refractivity contribution in [3.8, 4) is 0 Å². The van der Waals surface area contributed by atoms with Crippen molar-refractivity contribution < 1.29 is 38.2 Å². The number of methoxy groups -OCH3 is 2. The second-order valence-electron chi connectivity index (χ2n) is 19.2. The van der Waals surface area contributed by atoms with Crippen LogP contribution in [0.15, 0.2) is 89.9 Å². The number of carbonyl (C=O) groups is 5. The summed E-state index contributed by atoms with van der Waals surface area (Å²) >= 11 is 0. The second kappa shape index (κ2) is 27.4. The number of ether oxygens (including phenoxy) is 3. The molecule has 0 unspecified atom stereocenters. The molecule has 0 radical (unpaired) electrons. The normalized spacial score (nSPS) is 17.0. The minimum Gasteiger partial charge on any atom is -0.445 e. The van der Waals surface area contributed by atoms with E-state index in [2.05, 4.69) is 43.6 Å². The summed E-state index contributed by atoms with van der Waals surface area (Å²) < 4.78 is 17.5. The predicted octanol–water partition coefficient (Wildman–Crippen LogP) is 7.34. The molecule has 0 bridgehead atoms. The van der Waals surface area contributed by atoms with Gasteiger partial charge in [-0.2, -0.15) is 0 Å². The quantitative estimate of drug-likeness (QED) is 0.0614. The van der Waals surface area contributed by atoms with E-state index in [1.807, 2.05) is 93.5 Å². The van der Waals surface area contributed by atoms with Gasteiger partial charge in [0.05, 0.1) is 36.6 Å². The molecular weight excluding hydrogens is 875 g/mol. The van der Waals surface area contributed by atoms with Crippen LogP contribution in [0.25, 0.3) is 0 Å². The Labute approximate surface area is 411 Å². The fourth-order valence-electron chi connectivity index (χ4n) is 9.17. The van der Waals surface area contributed by atoms with Crippen LogP contribution in [0, 0.1) is 23.7 Å². The van der Waals surface area contributed by atoms with Gasteiger partial charge in [0, 0.05) is 66.5 Å². The number of nitrogens with zero attached hydrogens (tertiary/aromatic N) is 4. The molecule has 69 heavy (non-hydrogen) atoms. The summed E-state index contributed by atoms with van der Waals surface area (Å²) in [5, 5.41) is 8.70. The van der Waals surface area contributed by atoms with Gasteiger partial charge >= 0.3 is 6.09 Å². The Morgan fingerprint density at radius 2 is 1.42 bits per heavy atom. The molecule has 5 amide bonds. The molecule has 1 aliphatic rings. The van der Waals surface area contributed by atoms with E-state index < -0.39 is 54.3 Å². The van der Waals surface area contributed by atoms with E-state index in [1.165, 1.54) is 0 Å². The fraction of sp³-hybridized carbons (Fsp3) is 0.556. The van der Waals surface area contributed by atoms with Gasteiger partial charge in [0.1, 0.15) is 24.5 Å². The van der Waals surface area contributed by atoms with E-state index in [9.17, 15) is 24.0 Å². The molecule has 0 aromatic heterocycles. The van der Waals surface area contributed by atoms with Crippen molar-refractivity contribution in [1.82, 2.24) is 25.3 Å². The first-order valence-electron chi connectivity index (χ1n) is 24.5. The molecule has 1 fully saturated rings. The van der Waals surface area contributed by atoms with Crippen LogP contribution in [0.5, 0.6) is 0 Å². The monoisotopic (exact) mass is 954 g/mol. The first-order chi connectivity index (χ1) is 32.9. The van der Waals surface area contributed by atoms with Gasteiger partial charge in [-0.3, -0.25) is 24.2 Å². The van der Waals surface area contributed by atoms with Gasteiger partial charge in [-0.15, -0.1) is 0 Å². The second-order valence-corrected chi connectivity index (χ2v) is 19.2. The molecule has 0 spiro atoms. The smallest absolute Gasteiger partial charge is 0.407 e. The van der Waals surface area contributed by atoms with E-state index in [1.54, 1.807) is 62.3 Å². The van der Waals surface area contributed by atoms with E-state index in [-0.39, 0.29) is 61.5 Å². The van der Waals surface area contributed by atoms with Crippen LogP contribution < -0.4 is 16.0 Å². The van der Waals surface area contributed by atoms with Crippen LogP contribution in [0.2, 0.25) is 0 Å². The fourth-order valence-corrected chi connectivity index (χ4v) is 9.17. The zero-order chi connectivity index (χ0) is 50.8. The zero-order valence-electron chi connectivity index (χ0n) is 43.1. The highest BCUT2D eigenvalue weighted by molar-refractivity contribution is 5.97. The molecule has 1 saturated heterocycles. The molecule has 1 aliphatic heterocycles. The van der Waals surface area contributed by atoms with E-state index in [0.717, 1.165) is 35.4 Å². The van der Waals surface area contributed by atoms with Gasteiger partial charge < -0.3 is 44.9 Å². The number of alkyl carbamates (subject to hydrolysis) is 1. The molecule has 0 aliphatic carbocycles. The van der Waals surface area contributed by atoms with Gasteiger partial charge in [0.15, 0.2) is 0 Å². The van der Waals surface area contributed by atoms with Crippen molar-refractivity contribution in [1.29, 1.82) is 0 Å². The molecule has 4 rings (SSSR count). The minimum absolute atomic E-state index is 0.00225. The number of aliphatic imine (C=N–C) groups is 1. The molecular formula is C54H79N7O8. The van der Waals surface area contributed by atoms with Gasteiger partial charge in [-0.25, -0.2) is 4.79 Å². The van der Waals surface area contributed by atoms with Crippen LogP contribution in [-0.4, -0.2) is 129 Å². The topological polar surface area (TPSA) is 171 Å². The van der Waals surface area contributed by atoms with Crippen LogP contribution in [0.3, 0.4) is 0 Å². The molecule has 15 nitrogen and oxygen atoms in total. The van der Waals surface area contributed by atoms with Crippen molar-refractivity contribution in [3.63, 3.8) is 0 Å². The summed E-state index contributed by atoms with van der Waals surface area (Å²) in [4.78, 5) is 79.9. The number of likely N-dealkylation sites (tertiary alicyclic amines) is 1. The number of hydrogen-bond donors (Lipinski definition) is 3. The lowest BCUT2D eigenvalue weighted by molar-refractivity contribution is -0.146. The summed E-state index contributed by atoms with van der Waals surface area (Å²) in [6.07, 6.45) is 0.528. The van der Waals surface area contributed by atoms with Crippen LogP contribution in [0.4, 0.5) is 10.5 Å². The van der Waals surface area contributed by atoms with Crippen molar-refractivity contribution in [2.45, 2.75) is 130 Å². The molecule has 3 N–H and O–H groups in total. The Bertz CT molecular complexity index is 2110. The third-order valence-corrected chi connectivity index (χ3v) is 13.2. The van der Waals surface area contributed by atoms with Crippen molar-refractivity contribution >= 4 is 41.2 Å². The number of likely N-dealkylation sites (N-methyl/N-ethyl adjacent to an activating group) is 1. The van der Waals surface area contributed by atoms with Crippen LogP contribution in [0.1, 0.15) is 90.8 Å². The SMILES string of the molecule is CC[C@H](C)[C@@H]([C@@H](CC(=O)N1CCC[C@H]1[C@H](OC)[C@@H](C)C(=O)N[C@@H](Cc1ccccc1)C(=O)Nc1ccc(CNC(=O)OCc2ccccc2)cc1)OC)N(C)C(=O)[C@@H](/N=C(\C(C)C)N(C)C)C(C)C. The summed E-state index contributed by atoms with van der Waals surface area (Å²) in [6.45, 7) is 14.9. The number of carbonyl (C=O) groups excluding carboxylic acids is 5. The number of benzene rings is 3. The van der Waals surface area contributed by atoms with Gasteiger partial charge in [0.2, 0.25) is 23.6 Å². The molecule has 3 aromatic rings. The molecule has 1 heterocycles. The highest BCUT2D eigenvalue weighted by Crippen LogP contribution is 2.30. The predicted molar refractivity (Wildman–Crippen MR) is 271 cm³/mol. The molecule has 0 saturated carbocycles. The third-order valence-electron chi connectivity index (χ3n) is 13.2. The summed E-state index contributed by atoms with van der Waals surface area (Å²) in [5.41, 5.74) is 3.06. The lowest BCUT2D eigenvalue weighted by Crippen LogP contribution is -2.55. The average Bonchev–Trinajstić information content (AvgIpc) is 3.82. The maximum Gasteiger partial charge on any atom is 0.407 e. The Balaban J connectivity index is 1.45. The molecule has 15 heteroatoms. The first-order valence-corrected chi connectivity index (χ1v) is 24.5. The first kappa shape index (κ1) is 55.8. The maximum atomic E-state index is 14.5. The van der Waals surface area contributed by atoms with Gasteiger partial charge in [0.25, 0.3) is 0 Å². The Hall–Kier alpha value is -5.80. The summed E-state index contributed by atoms with van der Waals surface area (Å²) in [6, 6.07) is 23.6. The van der Waals surface area contributed by atoms with Crippen molar-refractivity contribution in [2.24, 2.45) is 28.7 Å². The van der Waals surface area contributed by atoms with Crippen LogP contribution >= 0.6 is 0 Å². The minimum atomic E-state index is -0.942. The summed E-state index contributed by atoms with van der Waals surface area (Å²) in [5.74, 6) is -0.903. The average molecular weight is 954 g/mol. The largest absolute Gasteiger partial charge is 0.445 e. The van der Waals surface area contributed by atoms with E-state index in [0.29, 0.717) is 18.7 Å². The highest BCUT2D eigenvalue weighted by atomic mass is 16.5. The maximum absolute atomic E-state index is 14.5. The third kappa shape index (κ3) is 16.1. The number of hydrogen-bond acceptors (Lipinski definition) is 9. The lowest BCUT2D eigenvalue weighted by atomic mass is 9.89. The zero-order valence-corrected chi connectivity index (χ0v) is 43.1. The number of rotatable bonds is 24. The van der Waals surface area contributed by atoms with Crippen molar-refractivity contribution in [3.05, 3.63) is 102 Å². The van der Waals surface area contributed by atoms with Gasteiger partial charge in [-0.05, 0) is 53.5 Å². The lowest BCUT2D eigenvalue weighted by Gasteiger charge is -2.40. The number of nitrogens with one attached hydrogen (secondary N) is 3. The highest BCUT2D eigenvalue weighted by Gasteiger charge is 2.43. The number of amides is 5. The molecule has 8 atom stereocenters.